The summed E-state index contributed by atoms with van der Waals surface area (Å²) in [6, 6.07) is 11.6. The van der Waals surface area contributed by atoms with E-state index in [0.29, 0.717) is 37.6 Å². The van der Waals surface area contributed by atoms with E-state index in [0.717, 1.165) is 35.6 Å². The first kappa shape index (κ1) is 19.1. The fraction of sp³-hybridized carbons (Fsp3) is 0.381. The van der Waals surface area contributed by atoms with Crippen LogP contribution >= 0.6 is 15.9 Å². The van der Waals surface area contributed by atoms with E-state index >= 15 is 0 Å². The van der Waals surface area contributed by atoms with E-state index in [1.54, 1.807) is 13.2 Å². The van der Waals surface area contributed by atoms with Gasteiger partial charge in [-0.25, -0.2) is 0 Å². The Morgan fingerprint density at radius 1 is 1.04 bits per heavy atom. The van der Waals surface area contributed by atoms with E-state index in [1.807, 2.05) is 23.1 Å². The zero-order valence-corrected chi connectivity index (χ0v) is 17.4. The third kappa shape index (κ3) is 4.10. The molecule has 0 spiro atoms. The summed E-state index contributed by atoms with van der Waals surface area (Å²) in [7, 11) is 1.61. The van der Waals surface area contributed by atoms with Crippen molar-refractivity contribution in [3.8, 4) is 17.2 Å². The van der Waals surface area contributed by atoms with E-state index < -0.39 is 0 Å². The van der Waals surface area contributed by atoms with Gasteiger partial charge in [-0.15, -0.1) is 0 Å². The summed E-state index contributed by atoms with van der Waals surface area (Å²) < 4.78 is 17.3. The Morgan fingerprint density at radius 2 is 1.79 bits per heavy atom. The molecule has 0 aliphatic carbocycles. The molecule has 1 amide bonds. The van der Waals surface area contributed by atoms with Crippen LogP contribution in [0.5, 0.6) is 17.2 Å². The Morgan fingerprint density at radius 3 is 2.54 bits per heavy atom. The van der Waals surface area contributed by atoms with Gasteiger partial charge in [-0.3, -0.25) is 9.69 Å². The number of carbonyl (C=O) groups excluding carboxylic acids is 1. The van der Waals surface area contributed by atoms with Gasteiger partial charge < -0.3 is 19.1 Å². The lowest BCUT2D eigenvalue weighted by Gasteiger charge is -2.35. The summed E-state index contributed by atoms with van der Waals surface area (Å²) in [5.74, 6) is 2.35. The molecule has 7 heteroatoms. The minimum absolute atomic E-state index is 0.0322. The predicted octanol–water partition coefficient (Wildman–Crippen LogP) is 3.19. The summed E-state index contributed by atoms with van der Waals surface area (Å²) in [5, 5.41) is 0. The fourth-order valence-electron chi connectivity index (χ4n) is 3.52. The van der Waals surface area contributed by atoms with Crippen molar-refractivity contribution in [2.75, 3.05) is 46.5 Å². The van der Waals surface area contributed by atoms with Crippen molar-refractivity contribution in [2.24, 2.45) is 0 Å². The van der Waals surface area contributed by atoms with Gasteiger partial charge in [-0.05, 0) is 51.8 Å². The maximum atomic E-state index is 12.9. The van der Waals surface area contributed by atoms with Crippen LogP contribution in [0.3, 0.4) is 0 Å². The van der Waals surface area contributed by atoms with E-state index in [-0.39, 0.29) is 5.91 Å². The van der Waals surface area contributed by atoms with E-state index in [1.165, 1.54) is 5.56 Å². The average molecular weight is 447 g/mol. The molecule has 2 aromatic carbocycles. The van der Waals surface area contributed by atoms with Crippen LogP contribution in [0.1, 0.15) is 15.9 Å². The normalized spacial score (nSPS) is 16.7. The lowest BCUT2D eigenvalue weighted by atomic mass is 10.1. The molecule has 2 heterocycles. The number of amides is 1. The van der Waals surface area contributed by atoms with Crippen LogP contribution in [-0.2, 0) is 6.54 Å². The zero-order valence-electron chi connectivity index (χ0n) is 15.8. The predicted molar refractivity (Wildman–Crippen MR) is 109 cm³/mol. The van der Waals surface area contributed by atoms with Gasteiger partial charge in [-0.2, -0.15) is 0 Å². The van der Waals surface area contributed by atoms with Crippen molar-refractivity contribution in [3.63, 3.8) is 0 Å². The largest absolute Gasteiger partial charge is 0.497 e. The number of hydrogen-bond donors (Lipinski definition) is 0. The number of piperazine rings is 1. The second-order valence-corrected chi connectivity index (χ2v) is 7.75. The van der Waals surface area contributed by atoms with Crippen LogP contribution in [0.2, 0.25) is 0 Å². The van der Waals surface area contributed by atoms with Crippen LogP contribution in [0.15, 0.2) is 40.9 Å². The Kier molecular flexibility index (Phi) is 5.73. The number of fused-ring (bicyclic) bond motifs is 1. The highest BCUT2D eigenvalue weighted by Crippen LogP contribution is 2.31. The molecule has 0 bridgehead atoms. The molecular formula is C21H23BrN2O4. The second-order valence-electron chi connectivity index (χ2n) is 6.89. The lowest BCUT2D eigenvalue weighted by molar-refractivity contribution is 0.0627. The van der Waals surface area contributed by atoms with Crippen molar-refractivity contribution in [3.05, 3.63) is 52.0 Å². The summed E-state index contributed by atoms with van der Waals surface area (Å²) in [6.07, 6.45) is 0. The van der Waals surface area contributed by atoms with E-state index in [4.69, 9.17) is 14.2 Å². The van der Waals surface area contributed by atoms with Gasteiger partial charge in [0.15, 0.2) is 11.5 Å². The summed E-state index contributed by atoms with van der Waals surface area (Å²) in [6.45, 7) is 5.11. The molecule has 0 N–H and O–H groups in total. The highest BCUT2D eigenvalue weighted by Gasteiger charge is 2.24. The van der Waals surface area contributed by atoms with Gasteiger partial charge >= 0.3 is 0 Å². The van der Waals surface area contributed by atoms with Gasteiger partial charge in [-0.1, -0.05) is 6.07 Å². The average Bonchev–Trinajstić information content (AvgIpc) is 2.74. The monoisotopic (exact) mass is 446 g/mol. The van der Waals surface area contributed by atoms with Gasteiger partial charge in [0.1, 0.15) is 19.0 Å². The maximum absolute atomic E-state index is 12.9. The van der Waals surface area contributed by atoms with E-state index in [9.17, 15) is 4.79 Å². The van der Waals surface area contributed by atoms with E-state index in [2.05, 4.69) is 33.0 Å². The minimum atomic E-state index is 0.0322. The second kappa shape index (κ2) is 8.41. The van der Waals surface area contributed by atoms with Crippen LogP contribution in [0, 0.1) is 0 Å². The molecular weight excluding hydrogens is 424 g/mol. The molecule has 0 aromatic heterocycles. The van der Waals surface area contributed by atoms with Crippen LogP contribution < -0.4 is 14.2 Å². The molecule has 6 nitrogen and oxygen atoms in total. The standard InChI is InChI=1S/C21H23BrN2O4/c1-26-16-3-4-18(22)17(13-16)21(25)24-8-6-23(7-9-24)14-15-2-5-19-20(12-15)28-11-10-27-19/h2-5,12-13H,6-11,14H2,1H3. The van der Waals surface area contributed by atoms with Gasteiger partial charge in [0.2, 0.25) is 0 Å². The molecule has 0 unspecified atom stereocenters. The maximum Gasteiger partial charge on any atom is 0.255 e. The summed E-state index contributed by atoms with van der Waals surface area (Å²) in [4.78, 5) is 17.2. The number of ether oxygens (including phenoxy) is 3. The number of carbonyl (C=O) groups is 1. The number of benzene rings is 2. The number of nitrogens with zero attached hydrogens (tertiary/aromatic N) is 2. The van der Waals surface area contributed by atoms with Crippen LogP contribution in [0.25, 0.3) is 0 Å². The Balaban J connectivity index is 1.36. The molecule has 2 aliphatic heterocycles. The highest BCUT2D eigenvalue weighted by molar-refractivity contribution is 9.10. The minimum Gasteiger partial charge on any atom is -0.497 e. The Labute approximate surface area is 173 Å². The number of rotatable bonds is 4. The van der Waals surface area contributed by atoms with Crippen molar-refractivity contribution >= 4 is 21.8 Å². The molecule has 2 aliphatic rings. The fourth-order valence-corrected chi connectivity index (χ4v) is 3.94. The molecule has 0 radical (unpaired) electrons. The van der Waals surface area contributed by atoms with Crippen molar-refractivity contribution in [1.29, 1.82) is 0 Å². The molecule has 0 saturated carbocycles. The van der Waals surface area contributed by atoms with Gasteiger partial charge in [0.05, 0.1) is 12.7 Å². The number of methoxy groups -OCH3 is 1. The Bertz CT molecular complexity index is 865. The lowest BCUT2D eigenvalue weighted by Crippen LogP contribution is -2.48. The molecule has 4 rings (SSSR count). The first-order valence-electron chi connectivity index (χ1n) is 9.38. The van der Waals surface area contributed by atoms with Crippen LogP contribution in [0.4, 0.5) is 0 Å². The molecule has 28 heavy (non-hydrogen) atoms. The molecule has 1 fully saturated rings. The van der Waals surface area contributed by atoms with Crippen LogP contribution in [-0.4, -0.2) is 62.2 Å². The first-order valence-corrected chi connectivity index (χ1v) is 10.2. The molecule has 0 atom stereocenters. The van der Waals surface area contributed by atoms with Gasteiger partial charge in [0, 0.05) is 37.2 Å². The first-order chi connectivity index (χ1) is 13.6. The molecule has 1 saturated heterocycles. The molecule has 148 valence electrons. The third-order valence-electron chi connectivity index (χ3n) is 5.08. The smallest absolute Gasteiger partial charge is 0.255 e. The topological polar surface area (TPSA) is 51.2 Å². The van der Waals surface area contributed by atoms with Crippen molar-refractivity contribution in [2.45, 2.75) is 6.54 Å². The third-order valence-corrected chi connectivity index (χ3v) is 5.77. The highest BCUT2D eigenvalue weighted by atomic mass is 79.9. The quantitative estimate of drug-likeness (QED) is 0.721. The van der Waals surface area contributed by atoms with Gasteiger partial charge in [0.25, 0.3) is 5.91 Å². The molecule has 2 aromatic rings. The SMILES string of the molecule is COc1ccc(Br)c(C(=O)N2CCN(Cc3ccc4c(c3)OCCO4)CC2)c1. The number of hydrogen-bond acceptors (Lipinski definition) is 5. The summed E-state index contributed by atoms with van der Waals surface area (Å²) >= 11 is 3.48. The zero-order chi connectivity index (χ0) is 19.5. The summed E-state index contributed by atoms with van der Waals surface area (Å²) in [5.41, 5.74) is 1.83. The Hall–Kier alpha value is -2.25. The van der Waals surface area contributed by atoms with Crippen molar-refractivity contribution < 1.29 is 19.0 Å². The van der Waals surface area contributed by atoms with Crippen molar-refractivity contribution in [1.82, 2.24) is 9.80 Å². The number of halogens is 1.